The molecule has 0 saturated carbocycles. The van der Waals surface area contributed by atoms with E-state index in [1.54, 1.807) is 0 Å². The minimum Gasteiger partial charge on any atom is -0.455 e. The number of para-hydroxylation sites is 6. The van der Waals surface area contributed by atoms with Crippen LogP contribution < -0.4 is 0 Å². The second-order valence-electron chi connectivity index (χ2n) is 26.3. The Morgan fingerprint density at radius 2 is 0.720 bits per heavy atom. The monoisotopic (exact) mass is 1270 g/mol. The van der Waals surface area contributed by atoms with Gasteiger partial charge in [-0.25, -0.2) is 9.97 Å². The highest BCUT2D eigenvalue weighted by Crippen LogP contribution is 2.48. The highest BCUT2D eigenvalue weighted by molar-refractivity contribution is 6.19. The smallest absolute Gasteiger partial charge is 0.235 e. The summed E-state index contributed by atoms with van der Waals surface area (Å²) in [5.41, 5.74) is 24.9. The number of benzene rings is 16. The van der Waals surface area contributed by atoms with Crippen molar-refractivity contribution in [2.75, 3.05) is 0 Å². The van der Waals surface area contributed by atoms with E-state index in [1.807, 2.05) is 6.07 Å². The van der Waals surface area contributed by atoms with Crippen LogP contribution in [0.15, 0.2) is 349 Å². The van der Waals surface area contributed by atoms with Gasteiger partial charge in [-0.05, 0) is 168 Å². The van der Waals surface area contributed by atoms with Crippen LogP contribution in [0.25, 0.3) is 210 Å². The minimum atomic E-state index is 0.616. The third-order valence-electron chi connectivity index (χ3n) is 20.7. The first-order valence-electron chi connectivity index (χ1n) is 34.1. The third kappa shape index (κ3) is 8.70. The molecule has 6 nitrogen and oxygen atoms in total. The van der Waals surface area contributed by atoms with E-state index in [1.165, 1.54) is 38.1 Å². The predicted octanol–water partition coefficient (Wildman–Crippen LogP) is 25.6. The number of rotatable bonds is 9. The van der Waals surface area contributed by atoms with E-state index < -0.39 is 0 Å². The lowest BCUT2D eigenvalue weighted by Crippen LogP contribution is -2.03. The van der Waals surface area contributed by atoms with Crippen molar-refractivity contribution < 1.29 is 8.83 Å². The van der Waals surface area contributed by atoms with Crippen LogP contribution in [0, 0.1) is 0 Å². The van der Waals surface area contributed by atoms with Gasteiger partial charge in [-0.1, -0.05) is 249 Å². The quantitative estimate of drug-likeness (QED) is 0.144. The second kappa shape index (κ2) is 22.1. The molecule has 0 saturated heterocycles. The van der Waals surface area contributed by atoms with Crippen molar-refractivity contribution in [1.82, 2.24) is 19.1 Å². The lowest BCUT2D eigenvalue weighted by Gasteiger charge is -2.17. The van der Waals surface area contributed by atoms with Crippen LogP contribution in [0.3, 0.4) is 0 Å². The first-order valence-corrected chi connectivity index (χ1v) is 34.1. The molecule has 0 amide bonds. The van der Waals surface area contributed by atoms with E-state index in [2.05, 4.69) is 343 Å². The molecule has 0 bridgehead atoms. The molecule has 16 aromatic carbocycles. The molecule has 0 aliphatic rings. The molecule has 0 spiro atoms. The van der Waals surface area contributed by atoms with Crippen LogP contribution >= 0.6 is 0 Å². The summed E-state index contributed by atoms with van der Waals surface area (Å²) in [4.78, 5) is 10.8. The zero-order chi connectivity index (χ0) is 65.5. The van der Waals surface area contributed by atoms with Gasteiger partial charge in [-0.2, -0.15) is 0 Å². The molecule has 0 radical (unpaired) electrons. The number of fused-ring (bicyclic) bond motifs is 15. The summed E-state index contributed by atoms with van der Waals surface area (Å²) in [5.74, 6) is 0.616. The standard InChI is InChI=1S/C94H56N4O2/c1-2-20-57(21-3-1)58-40-42-60(43-41-58)91-78-30-8-13-35-83(78)95-94(96-91)98-85-37-15-10-28-75(85)82-55-63(45-49-87(82)98)73-47-46-71(90-79-31-12-17-39-89(79)100-93(73)90)66-50-61-23-5-7-26-69(61)80(56-66)65-51-64(70-32-18-24-59-22-4-6-25-68(59)70)52-67(53-65)97-84-36-14-9-27-74(84)81-54-62(44-48-86(81)97)72-33-19-34-77-76-29-11-16-38-88(76)99-92(72)77/h1-56H. The summed E-state index contributed by atoms with van der Waals surface area (Å²) in [5, 5.41) is 14.6. The van der Waals surface area contributed by atoms with Crippen molar-refractivity contribution in [2.24, 2.45) is 0 Å². The number of hydrogen-bond acceptors (Lipinski definition) is 4. The molecule has 464 valence electrons. The Bertz CT molecular complexity index is 6960. The van der Waals surface area contributed by atoms with Gasteiger partial charge in [0.15, 0.2) is 0 Å². The van der Waals surface area contributed by atoms with Gasteiger partial charge in [-0.3, -0.25) is 4.57 Å². The lowest BCUT2D eigenvalue weighted by molar-refractivity contribution is 0.669. The molecule has 0 unspecified atom stereocenters. The summed E-state index contributed by atoms with van der Waals surface area (Å²) >= 11 is 0. The Balaban J connectivity index is 0.731. The second-order valence-corrected chi connectivity index (χ2v) is 26.3. The maximum absolute atomic E-state index is 7.16. The molecule has 21 aromatic rings. The van der Waals surface area contributed by atoms with Crippen molar-refractivity contribution in [2.45, 2.75) is 0 Å². The number of hydrogen-bond donors (Lipinski definition) is 0. The Labute approximate surface area is 573 Å². The van der Waals surface area contributed by atoms with E-state index in [9.17, 15) is 0 Å². The fraction of sp³-hybridized carbons (Fsp3) is 0. The average molecular weight is 1270 g/mol. The Hall–Kier alpha value is -13.4. The van der Waals surface area contributed by atoms with Crippen LogP contribution in [-0.4, -0.2) is 19.1 Å². The van der Waals surface area contributed by atoms with Crippen LogP contribution in [-0.2, 0) is 0 Å². The third-order valence-corrected chi connectivity index (χ3v) is 20.7. The molecular formula is C94H56N4O2. The highest BCUT2D eigenvalue weighted by Gasteiger charge is 2.24. The summed E-state index contributed by atoms with van der Waals surface area (Å²) < 4.78 is 18.5. The molecule has 5 aromatic heterocycles. The first kappa shape index (κ1) is 55.8. The van der Waals surface area contributed by atoms with Gasteiger partial charge in [0.25, 0.3) is 0 Å². The van der Waals surface area contributed by atoms with Crippen LogP contribution in [0.1, 0.15) is 0 Å². The molecule has 5 heterocycles. The van der Waals surface area contributed by atoms with Crippen molar-refractivity contribution >= 4 is 120 Å². The molecule has 21 rings (SSSR count). The lowest BCUT2D eigenvalue weighted by atomic mass is 9.88. The van der Waals surface area contributed by atoms with Crippen molar-refractivity contribution in [3.63, 3.8) is 0 Å². The molecule has 0 aliphatic heterocycles. The SMILES string of the molecule is c1ccc(-c2ccc(-c3nc(-n4c5ccccc5c5cc(-c6ccc(-c7cc(-c8cc(-c9cccc%10ccccc9%10)cc(-n9c%10ccccc%10c%10cc(-c%11cccc%12c%11oc%11ccccc%11%12)ccc%109)c8)c8ccccc8c7)c7c6oc6ccccc67)ccc54)nc4ccccc34)cc2)cc1. The molecule has 0 fully saturated rings. The average Bonchev–Trinajstić information content (AvgIpc) is 1.54. The topological polar surface area (TPSA) is 61.9 Å². The summed E-state index contributed by atoms with van der Waals surface area (Å²) in [6.45, 7) is 0. The normalized spacial score (nSPS) is 12.0. The van der Waals surface area contributed by atoms with Crippen molar-refractivity contribution in [3.05, 3.63) is 340 Å². The van der Waals surface area contributed by atoms with Gasteiger partial charge in [-0.15, -0.1) is 0 Å². The zero-order valence-electron chi connectivity index (χ0n) is 53.9. The summed E-state index contributed by atoms with van der Waals surface area (Å²) in [6.07, 6.45) is 0. The van der Waals surface area contributed by atoms with Gasteiger partial charge in [0.2, 0.25) is 5.95 Å². The highest BCUT2D eigenvalue weighted by atomic mass is 16.3. The number of nitrogens with zero attached hydrogens (tertiary/aromatic N) is 4. The van der Waals surface area contributed by atoms with Gasteiger partial charge < -0.3 is 13.4 Å². The fourth-order valence-electron chi connectivity index (χ4n) is 16.1. The zero-order valence-corrected chi connectivity index (χ0v) is 53.9. The molecular weight excluding hydrogens is 1220 g/mol. The van der Waals surface area contributed by atoms with Crippen LogP contribution in [0.2, 0.25) is 0 Å². The Morgan fingerprint density at radius 1 is 0.230 bits per heavy atom. The Kier molecular flexibility index (Phi) is 12.3. The van der Waals surface area contributed by atoms with Gasteiger partial charge in [0, 0.05) is 70.9 Å². The van der Waals surface area contributed by atoms with Gasteiger partial charge in [0.05, 0.1) is 33.3 Å². The van der Waals surface area contributed by atoms with Crippen molar-refractivity contribution in [1.29, 1.82) is 0 Å². The fourth-order valence-corrected chi connectivity index (χ4v) is 16.1. The van der Waals surface area contributed by atoms with E-state index in [-0.39, 0.29) is 0 Å². The van der Waals surface area contributed by atoms with Crippen LogP contribution in [0.4, 0.5) is 0 Å². The van der Waals surface area contributed by atoms with E-state index in [0.717, 1.165) is 166 Å². The minimum absolute atomic E-state index is 0.616. The molecule has 100 heavy (non-hydrogen) atoms. The summed E-state index contributed by atoms with van der Waals surface area (Å²) in [7, 11) is 0. The molecule has 0 aliphatic carbocycles. The molecule has 6 heteroatoms. The summed E-state index contributed by atoms with van der Waals surface area (Å²) in [6, 6.07) is 123. The Morgan fingerprint density at radius 3 is 1.48 bits per heavy atom. The maximum atomic E-state index is 7.16. The molecule has 0 N–H and O–H groups in total. The van der Waals surface area contributed by atoms with Crippen LogP contribution in [0.5, 0.6) is 0 Å². The largest absolute Gasteiger partial charge is 0.455 e. The van der Waals surface area contributed by atoms with Gasteiger partial charge >= 0.3 is 0 Å². The molecule has 0 atom stereocenters. The van der Waals surface area contributed by atoms with Gasteiger partial charge in [0.1, 0.15) is 22.3 Å². The van der Waals surface area contributed by atoms with Crippen molar-refractivity contribution in [3.8, 4) is 89.7 Å². The van der Waals surface area contributed by atoms with E-state index in [0.29, 0.717) is 5.95 Å². The first-order chi connectivity index (χ1) is 49.6. The number of aromatic nitrogens is 4. The predicted molar refractivity (Wildman–Crippen MR) is 416 cm³/mol. The van der Waals surface area contributed by atoms with E-state index in [4.69, 9.17) is 18.8 Å². The maximum Gasteiger partial charge on any atom is 0.235 e. The number of furan rings is 2. The van der Waals surface area contributed by atoms with E-state index >= 15 is 0 Å².